The molecule has 3 nitrogen and oxygen atoms in total. The molecule has 2 rings (SSSR count). The summed E-state index contributed by atoms with van der Waals surface area (Å²) in [5.41, 5.74) is 7.20. The minimum atomic E-state index is 0.0483. The van der Waals surface area contributed by atoms with Gasteiger partial charge in [0, 0.05) is 30.4 Å². The molecule has 0 radical (unpaired) electrons. The fourth-order valence-electron chi connectivity index (χ4n) is 2.75. The van der Waals surface area contributed by atoms with Crippen LogP contribution in [0.5, 0.6) is 0 Å². The highest BCUT2D eigenvalue weighted by atomic mass is 15.2. The van der Waals surface area contributed by atoms with Gasteiger partial charge in [0.2, 0.25) is 0 Å². The van der Waals surface area contributed by atoms with Crippen molar-refractivity contribution in [2.45, 2.75) is 45.7 Å². The monoisotopic (exact) mass is 233 g/mol. The predicted molar refractivity (Wildman–Crippen MR) is 72.0 cm³/mol. The number of hydrogen-bond acceptors (Lipinski definition) is 3. The molecule has 2 N–H and O–H groups in total. The lowest BCUT2D eigenvalue weighted by Gasteiger charge is -2.30. The van der Waals surface area contributed by atoms with Gasteiger partial charge < -0.3 is 10.6 Å². The van der Waals surface area contributed by atoms with E-state index >= 15 is 0 Å². The third kappa shape index (κ3) is 2.44. The molecule has 1 aromatic rings. The van der Waals surface area contributed by atoms with Crippen LogP contribution in [0.1, 0.15) is 45.2 Å². The number of nitrogens with two attached hydrogens (primary N) is 1. The zero-order valence-electron chi connectivity index (χ0n) is 11.1. The van der Waals surface area contributed by atoms with Crippen LogP contribution in [0.15, 0.2) is 18.3 Å². The Kier molecular flexibility index (Phi) is 3.67. The first-order chi connectivity index (χ1) is 8.11. The molecule has 1 aliphatic heterocycles. The van der Waals surface area contributed by atoms with Crippen LogP contribution in [0.25, 0.3) is 0 Å². The largest absolute Gasteiger partial charge is 0.353 e. The summed E-state index contributed by atoms with van der Waals surface area (Å²) in [4.78, 5) is 7.01. The summed E-state index contributed by atoms with van der Waals surface area (Å²) >= 11 is 0. The minimum absolute atomic E-state index is 0.0483. The van der Waals surface area contributed by atoms with Gasteiger partial charge in [-0.1, -0.05) is 19.9 Å². The first-order valence-corrected chi connectivity index (χ1v) is 6.58. The standard InChI is InChI=1S/C14H23N3/c1-10(2)13-7-5-9-17(13)14-12(11(3)15)6-4-8-16-14/h4,6,8,10-11,13H,5,7,9,15H2,1-3H3/t11-,13?/m0/s1. The molecule has 2 heterocycles. The maximum atomic E-state index is 6.04. The van der Waals surface area contributed by atoms with Crippen molar-refractivity contribution in [1.29, 1.82) is 0 Å². The van der Waals surface area contributed by atoms with Gasteiger partial charge in [-0.25, -0.2) is 4.98 Å². The minimum Gasteiger partial charge on any atom is -0.353 e. The molecule has 1 aromatic heterocycles. The Labute approximate surface area is 104 Å². The van der Waals surface area contributed by atoms with E-state index in [4.69, 9.17) is 5.73 Å². The van der Waals surface area contributed by atoms with Crippen LogP contribution in [0, 0.1) is 5.92 Å². The normalized spacial score (nSPS) is 22.2. The summed E-state index contributed by atoms with van der Waals surface area (Å²) in [5, 5.41) is 0. The summed E-state index contributed by atoms with van der Waals surface area (Å²) in [5.74, 6) is 1.76. The lowest BCUT2D eigenvalue weighted by Crippen LogP contribution is -2.35. The van der Waals surface area contributed by atoms with Crippen LogP contribution in [-0.2, 0) is 0 Å². The Balaban J connectivity index is 2.33. The number of anilines is 1. The van der Waals surface area contributed by atoms with Crippen LogP contribution in [0.3, 0.4) is 0 Å². The van der Waals surface area contributed by atoms with Crippen molar-refractivity contribution in [1.82, 2.24) is 4.98 Å². The molecular weight excluding hydrogens is 210 g/mol. The molecule has 0 aromatic carbocycles. The third-order valence-electron chi connectivity index (χ3n) is 3.65. The van der Waals surface area contributed by atoms with Crippen molar-refractivity contribution in [2.75, 3.05) is 11.4 Å². The van der Waals surface area contributed by atoms with E-state index in [1.54, 1.807) is 0 Å². The molecule has 0 amide bonds. The second kappa shape index (κ2) is 5.05. The van der Waals surface area contributed by atoms with Crippen LogP contribution < -0.4 is 10.6 Å². The molecule has 1 aliphatic rings. The van der Waals surface area contributed by atoms with Gasteiger partial charge in [-0.05, 0) is 31.7 Å². The number of hydrogen-bond donors (Lipinski definition) is 1. The third-order valence-corrected chi connectivity index (χ3v) is 3.65. The summed E-state index contributed by atoms with van der Waals surface area (Å²) < 4.78 is 0. The van der Waals surface area contributed by atoms with Crippen molar-refractivity contribution in [3.05, 3.63) is 23.9 Å². The van der Waals surface area contributed by atoms with Gasteiger partial charge in [-0.15, -0.1) is 0 Å². The van der Waals surface area contributed by atoms with Crippen molar-refractivity contribution < 1.29 is 0 Å². The molecule has 2 atom stereocenters. The van der Waals surface area contributed by atoms with Crippen molar-refractivity contribution in [2.24, 2.45) is 11.7 Å². The molecule has 0 saturated carbocycles. The van der Waals surface area contributed by atoms with Crippen molar-refractivity contribution >= 4 is 5.82 Å². The Hall–Kier alpha value is -1.09. The molecule has 17 heavy (non-hydrogen) atoms. The number of pyridine rings is 1. The van der Waals surface area contributed by atoms with Crippen LogP contribution in [0.4, 0.5) is 5.82 Å². The fraction of sp³-hybridized carbons (Fsp3) is 0.643. The Morgan fingerprint density at radius 3 is 2.82 bits per heavy atom. The molecule has 1 fully saturated rings. The highest BCUT2D eigenvalue weighted by Crippen LogP contribution is 2.32. The number of rotatable bonds is 3. The maximum Gasteiger partial charge on any atom is 0.133 e. The van der Waals surface area contributed by atoms with Gasteiger partial charge in [0.25, 0.3) is 0 Å². The van der Waals surface area contributed by atoms with Gasteiger partial charge in [0.1, 0.15) is 5.82 Å². The average molecular weight is 233 g/mol. The molecule has 94 valence electrons. The SMILES string of the molecule is CC(C)C1CCCN1c1ncccc1[C@H](C)N. The number of nitrogens with zero attached hydrogens (tertiary/aromatic N) is 2. The van der Waals surface area contributed by atoms with Crippen LogP contribution >= 0.6 is 0 Å². The summed E-state index contributed by atoms with van der Waals surface area (Å²) in [7, 11) is 0. The first-order valence-electron chi connectivity index (χ1n) is 6.58. The lowest BCUT2D eigenvalue weighted by molar-refractivity contribution is 0.488. The van der Waals surface area contributed by atoms with E-state index in [0.717, 1.165) is 12.4 Å². The topological polar surface area (TPSA) is 42.2 Å². The highest BCUT2D eigenvalue weighted by molar-refractivity contribution is 5.50. The average Bonchev–Trinajstić information content (AvgIpc) is 2.77. The Bertz CT molecular complexity index is 373. The van der Waals surface area contributed by atoms with E-state index in [-0.39, 0.29) is 6.04 Å². The van der Waals surface area contributed by atoms with Crippen molar-refractivity contribution in [3.63, 3.8) is 0 Å². The zero-order valence-corrected chi connectivity index (χ0v) is 11.1. The van der Waals surface area contributed by atoms with E-state index in [9.17, 15) is 0 Å². The maximum absolute atomic E-state index is 6.04. The molecular formula is C14H23N3. The number of aromatic nitrogens is 1. The summed E-state index contributed by atoms with van der Waals surface area (Å²) in [6.45, 7) is 7.72. The van der Waals surface area contributed by atoms with E-state index in [2.05, 4.69) is 29.8 Å². The van der Waals surface area contributed by atoms with E-state index in [0.29, 0.717) is 12.0 Å². The van der Waals surface area contributed by atoms with Gasteiger partial charge in [0.05, 0.1) is 0 Å². The van der Waals surface area contributed by atoms with Gasteiger partial charge in [-0.3, -0.25) is 0 Å². The van der Waals surface area contributed by atoms with Crippen LogP contribution in [-0.4, -0.2) is 17.6 Å². The molecule has 0 aliphatic carbocycles. The second-order valence-electron chi connectivity index (χ2n) is 5.35. The quantitative estimate of drug-likeness (QED) is 0.873. The zero-order chi connectivity index (χ0) is 12.4. The smallest absolute Gasteiger partial charge is 0.133 e. The van der Waals surface area contributed by atoms with Gasteiger partial charge >= 0.3 is 0 Å². The van der Waals surface area contributed by atoms with E-state index in [1.807, 2.05) is 19.2 Å². The first kappa shape index (κ1) is 12.4. The molecule has 1 saturated heterocycles. The second-order valence-corrected chi connectivity index (χ2v) is 5.35. The molecule has 3 heteroatoms. The predicted octanol–water partition coefficient (Wildman–Crippen LogP) is 2.73. The summed E-state index contributed by atoms with van der Waals surface area (Å²) in [6.07, 6.45) is 4.40. The highest BCUT2D eigenvalue weighted by Gasteiger charge is 2.29. The van der Waals surface area contributed by atoms with E-state index < -0.39 is 0 Å². The molecule has 0 bridgehead atoms. The molecule has 0 spiro atoms. The molecule has 1 unspecified atom stereocenters. The van der Waals surface area contributed by atoms with Gasteiger partial charge in [0.15, 0.2) is 0 Å². The summed E-state index contributed by atoms with van der Waals surface area (Å²) in [6, 6.07) is 4.74. The Morgan fingerprint density at radius 1 is 1.41 bits per heavy atom. The van der Waals surface area contributed by atoms with E-state index in [1.165, 1.54) is 18.4 Å². The fourth-order valence-corrected chi connectivity index (χ4v) is 2.75. The van der Waals surface area contributed by atoms with Crippen molar-refractivity contribution in [3.8, 4) is 0 Å². The Morgan fingerprint density at radius 2 is 2.18 bits per heavy atom. The van der Waals surface area contributed by atoms with Crippen LogP contribution in [0.2, 0.25) is 0 Å². The lowest BCUT2D eigenvalue weighted by atomic mass is 10.0. The van der Waals surface area contributed by atoms with Gasteiger partial charge in [-0.2, -0.15) is 0 Å².